The molecule has 120 valence electrons. The third kappa shape index (κ3) is 2.81. The molecule has 0 unspecified atom stereocenters. The van der Waals surface area contributed by atoms with Crippen molar-refractivity contribution >= 4 is 29.6 Å². The number of nitrogens with one attached hydrogen (secondary N) is 1. The molecule has 0 spiro atoms. The van der Waals surface area contributed by atoms with Crippen LogP contribution in [0.4, 0.5) is 10.5 Å². The van der Waals surface area contributed by atoms with Crippen molar-refractivity contribution in [3.05, 3.63) is 65.0 Å². The van der Waals surface area contributed by atoms with Gasteiger partial charge in [0.2, 0.25) is 0 Å². The van der Waals surface area contributed by atoms with Gasteiger partial charge in [0.05, 0.1) is 5.69 Å². The lowest BCUT2D eigenvalue weighted by molar-refractivity contribution is -0.122. The number of benzene rings is 1. The van der Waals surface area contributed by atoms with Crippen LogP contribution < -0.4 is 10.2 Å². The summed E-state index contributed by atoms with van der Waals surface area (Å²) in [4.78, 5) is 41.8. The van der Waals surface area contributed by atoms with Crippen LogP contribution in [0.2, 0.25) is 0 Å². The molecule has 0 bridgehead atoms. The molecule has 1 saturated heterocycles. The Kier molecular flexibility index (Phi) is 3.95. The number of amides is 4. The molecule has 6 heteroatoms. The first-order valence-electron chi connectivity index (χ1n) is 7.36. The van der Waals surface area contributed by atoms with E-state index < -0.39 is 17.8 Å². The number of rotatable bonds is 2. The molecule has 3 rings (SSSR count). The number of aryl methyl sites for hydroxylation is 2. The van der Waals surface area contributed by atoms with Gasteiger partial charge in [-0.25, -0.2) is 9.69 Å². The zero-order chi connectivity index (χ0) is 17.3. The fourth-order valence-corrected chi connectivity index (χ4v) is 2.38. The predicted octanol–water partition coefficient (Wildman–Crippen LogP) is 2.36. The molecule has 0 saturated carbocycles. The van der Waals surface area contributed by atoms with Gasteiger partial charge in [-0.1, -0.05) is 12.1 Å². The Hall–Kier alpha value is -3.28. The SMILES string of the molecule is Cc1ccc(N2C(=O)NC(=O)/C(=C\c3cccnc3)C2=O)cc1C. The first kappa shape index (κ1) is 15.6. The number of imide groups is 2. The number of aromatic nitrogens is 1. The molecule has 2 heterocycles. The second kappa shape index (κ2) is 6.08. The Morgan fingerprint density at radius 1 is 1.08 bits per heavy atom. The van der Waals surface area contributed by atoms with Gasteiger partial charge in [-0.2, -0.15) is 0 Å². The monoisotopic (exact) mass is 321 g/mol. The summed E-state index contributed by atoms with van der Waals surface area (Å²) in [7, 11) is 0. The van der Waals surface area contributed by atoms with Gasteiger partial charge in [0.1, 0.15) is 5.57 Å². The molecular formula is C18H15N3O3. The van der Waals surface area contributed by atoms with Crippen LogP contribution in [-0.2, 0) is 9.59 Å². The Morgan fingerprint density at radius 3 is 2.54 bits per heavy atom. The summed E-state index contributed by atoms with van der Waals surface area (Å²) in [6, 6.07) is 7.91. The van der Waals surface area contributed by atoms with Crippen molar-refractivity contribution in [1.82, 2.24) is 10.3 Å². The number of carbonyl (C=O) groups excluding carboxylic acids is 3. The molecule has 1 fully saturated rings. The van der Waals surface area contributed by atoms with Gasteiger partial charge >= 0.3 is 6.03 Å². The Labute approximate surface area is 138 Å². The molecule has 6 nitrogen and oxygen atoms in total. The summed E-state index contributed by atoms with van der Waals surface area (Å²) >= 11 is 0. The molecule has 2 aromatic rings. The number of hydrogen-bond donors (Lipinski definition) is 1. The van der Waals surface area contributed by atoms with Crippen LogP contribution in [0.1, 0.15) is 16.7 Å². The fourth-order valence-electron chi connectivity index (χ4n) is 2.38. The summed E-state index contributed by atoms with van der Waals surface area (Å²) in [6.07, 6.45) is 4.55. The normalized spacial score (nSPS) is 16.5. The van der Waals surface area contributed by atoms with E-state index in [4.69, 9.17) is 0 Å². The number of hydrogen-bond acceptors (Lipinski definition) is 4. The lowest BCUT2D eigenvalue weighted by atomic mass is 10.1. The van der Waals surface area contributed by atoms with E-state index in [9.17, 15) is 14.4 Å². The van der Waals surface area contributed by atoms with Gasteiger partial charge in [-0.05, 0) is 54.8 Å². The third-order valence-corrected chi connectivity index (χ3v) is 3.85. The van der Waals surface area contributed by atoms with Crippen LogP contribution in [0.25, 0.3) is 6.08 Å². The highest BCUT2D eigenvalue weighted by Gasteiger charge is 2.36. The van der Waals surface area contributed by atoms with Crippen molar-refractivity contribution < 1.29 is 14.4 Å². The average molecular weight is 321 g/mol. The number of anilines is 1. The number of urea groups is 1. The number of pyridine rings is 1. The molecule has 1 aliphatic heterocycles. The summed E-state index contributed by atoms with van der Waals surface area (Å²) < 4.78 is 0. The van der Waals surface area contributed by atoms with Crippen molar-refractivity contribution in [3.63, 3.8) is 0 Å². The van der Waals surface area contributed by atoms with E-state index in [0.29, 0.717) is 11.3 Å². The minimum absolute atomic E-state index is 0.110. The highest BCUT2D eigenvalue weighted by molar-refractivity contribution is 6.39. The topological polar surface area (TPSA) is 79.4 Å². The van der Waals surface area contributed by atoms with Crippen molar-refractivity contribution in [2.75, 3.05) is 4.90 Å². The van der Waals surface area contributed by atoms with Gasteiger partial charge < -0.3 is 0 Å². The summed E-state index contributed by atoms with van der Waals surface area (Å²) in [5.41, 5.74) is 2.91. The molecule has 0 atom stereocenters. The molecular weight excluding hydrogens is 306 g/mol. The van der Waals surface area contributed by atoms with E-state index in [2.05, 4.69) is 10.3 Å². The van der Waals surface area contributed by atoms with Crippen molar-refractivity contribution in [2.24, 2.45) is 0 Å². The van der Waals surface area contributed by atoms with Gasteiger partial charge in [0.25, 0.3) is 11.8 Å². The van der Waals surface area contributed by atoms with Gasteiger partial charge in [-0.3, -0.25) is 19.9 Å². The Morgan fingerprint density at radius 2 is 1.88 bits per heavy atom. The number of nitrogens with zero attached hydrogens (tertiary/aromatic N) is 2. The summed E-state index contributed by atoms with van der Waals surface area (Å²) in [5, 5.41) is 2.20. The quantitative estimate of drug-likeness (QED) is 0.680. The van der Waals surface area contributed by atoms with E-state index >= 15 is 0 Å². The molecule has 1 aromatic heterocycles. The second-order valence-corrected chi connectivity index (χ2v) is 5.51. The standard InChI is InChI=1S/C18H15N3O3/c1-11-5-6-14(8-12(11)2)21-17(23)15(16(22)20-18(21)24)9-13-4-3-7-19-10-13/h3-10H,1-2H3,(H,20,22,24)/b15-9+. The molecule has 24 heavy (non-hydrogen) atoms. The molecule has 1 N–H and O–H groups in total. The van der Waals surface area contributed by atoms with Crippen molar-refractivity contribution in [1.29, 1.82) is 0 Å². The van der Waals surface area contributed by atoms with E-state index in [-0.39, 0.29) is 5.57 Å². The first-order valence-corrected chi connectivity index (χ1v) is 7.36. The molecule has 0 radical (unpaired) electrons. The van der Waals surface area contributed by atoms with E-state index in [1.807, 2.05) is 19.9 Å². The molecule has 0 aliphatic carbocycles. The van der Waals surface area contributed by atoms with Crippen LogP contribution >= 0.6 is 0 Å². The summed E-state index contributed by atoms with van der Waals surface area (Å²) in [5.74, 6) is -1.37. The zero-order valence-electron chi connectivity index (χ0n) is 13.2. The predicted molar refractivity (Wildman–Crippen MR) is 89.2 cm³/mol. The third-order valence-electron chi connectivity index (χ3n) is 3.85. The van der Waals surface area contributed by atoms with Gasteiger partial charge in [0, 0.05) is 12.4 Å². The maximum Gasteiger partial charge on any atom is 0.335 e. The minimum Gasteiger partial charge on any atom is -0.273 e. The maximum absolute atomic E-state index is 12.7. The number of barbiturate groups is 1. The van der Waals surface area contributed by atoms with Crippen molar-refractivity contribution in [2.45, 2.75) is 13.8 Å². The zero-order valence-corrected chi connectivity index (χ0v) is 13.2. The van der Waals surface area contributed by atoms with E-state index in [1.165, 1.54) is 12.3 Å². The van der Waals surface area contributed by atoms with Crippen LogP contribution in [0.3, 0.4) is 0 Å². The lowest BCUT2D eigenvalue weighted by Gasteiger charge is -2.26. The average Bonchev–Trinajstić information content (AvgIpc) is 2.55. The maximum atomic E-state index is 12.7. The van der Waals surface area contributed by atoms with Gasteiger partial charge in [0.15, 0.2) is 0 Å². The lowest BCUT2D eigenvalue weighted by Crippen LogP contribution is -2.54. The van der Waals surface area contributed by atoms with Gasteiger partial charge in [-0.15, -0.1) is 0 Å². The number of carbonyl (C=O) groups is 3. The largest absolute Gasteiger partial charge is 0.335 e. The Bertz CT molecular complexity index is 872. The first-order chi connectivity index (χ1) is 11.5. The van der Waals surface area contributed by atoms with Crippen LogP contribution in [0, 0.1) is 13.8 Å². The smallest absolute Gasteiger partial charge is 0.273 e. The second-order valence-electron chi connectivity index (χ2n) is 5.51. The van der Waals surface area contributed by atoms with Crippen LogP contribution in [0.15, 0.2) is 48.3 Å². The summed E-state index contributed by atoms with van der Waals surface area (Å²) in [6.45, 7) is 3.83. The molecule has 1 aliphatic rings. The molecule has 1 aromatic carbocycles. The van der Waals surface area contributed by atoms with Crippen LogP contribution in [-0.4, -0.2) is 22.8 Å². The molecule has 4 amide bonds. The highest BCUT2D eigenvalue weighted by Crippen LogP contribution is 2.24. The Balaban J connectivity index is 2.03. The fraction of sp³-hybridized carbons (Fsp3) is 0.111. The highest BCUT2D eigenvalue weighted by atomic mass is 16.2. The van der Waals surface area contributed by atoms with Crippen molar-refractivity contribution in [3.8, 4) is 0 Å². The van der Waals surface area contributed by atoms with Crippen LogP contribution in [0.5, 0.6) is 0 Å². The van der Waals surface area contributed by atoms with E-state index in [0.717, 1.165) is 16.0 Å². The minimum atomic E-state index is -0.753. The van der Waals surface area contributed by atoms with E-state index in [1.54, 1.807) is 30.5 Å².